The lowest BCUT2D eigenvalue weighted by atomic mass is 10.2. The number of carboxylic acid groups (broad SMARTS) is 1. The highest BCUT2D eigenvalue weighted by molar-refractivity contribution is 5.87. The molecule has 1 atom stereocenters. The number of nitrogens with zero attached hydrogens (tertiary/aromatic N) is 2. The van der Waals surface area contributed by atoms with E-state index < -0.39 is 30.4 Å². The number of hydrogen-bond acceptors (Lipinski definition) is 5. The topological polar surface area (TPSA) is 163 Å². The number of nitrogens with one attached hydrogen (secondary N) is 3. The Morgan fingerprint density at radius 2 is 2.21 bits per heavy atom. The van der Waals surface area contributed by atoms with E-state index in [0.717, 1.165) is 0 Å². The van der Waals surface area contributed by atoms with Gasteiger partial charge in [-0.15, -0.1) is 0 Å². The fourth-order valence-electron chi connectivity index (χ4n) is 1.26. The molecular weight excluding hydrogens is 256 g/mol. The Hall–Kier alpha value is -2.65. The van der Waals surface area contributed by atoms with Gasteiger partial charge in [-0.3, -0.25) is 9.89 Å². The first-order valence-corrected chi connectivity index (χ1v) is 5.38. The van der Waals surface area contributed by atoms with Crippen LogP contribution in [0.2, 0.25) is 0 Å². The number of urea groups is 1. The van der Waals surface area contributed by atoms with Crippen molar-refractivity contribution >= 4 is 17.9 Å². The largest absolute Gasteiger partial charge is 0.480 e. The SMILES string of the molecule is NC(=O)C[C@H](NC(=O)NCCc1ncn[nH]1)C(=O)O. The third-order valence-corrected chi connectivity index (χ3v) is 2.12. The van der Waals surface area contributed by atoms with E-state index in [1.165, 1.54) is 6.33 Å². The summed E-state index contributed by atoms with van der Waals surface area (Å²) in [5, 5.41) is 19.6. The molecule has 0 aromatic carbocycles. The number of aromatic nitrogens is 3. The molecule has 104 valence electrons. The average molecular weight is 270 g/mol. The lowest BCUT2D eigenvalue weighted by Gasteiger charge is -2.13. The number of rotatable bonds is 7. The summed E-state index contributed by atoms with van der Waals surface area (Å²) in [6.45, 7) is 0.240. The van der Waals surface area contributed by atoms with Crippen LogP contribution in [-0.4, -0.2) is 50.8 Å². The molecule has 0 unspecified atom stereocenters. The normalized spacial score (nSPS) is 11.6. The summed E-state index contributed by atoms with van der Waals surface area (Å²) < 4.78 is 0. The van der Waals surface area contributed by atoms with Crippen LogP contribution >= 0.6 is 0 Å². The summed E-state index contributed by atoms with van der Waals surface area (Å²) in [5.41, 5.74) is 4.88. The maximum absolute atomic E-state index is 11.4. The van der Waals surface area contributed by atoms with Crippen molar-refractivity contribution in [2.45, 2.75) is 18.9 Å². The third-order valence-electron chi connectivity index (χ3n) is 2.12. The lowest BCUT2D eigenvalue weighted by molar-refractivity contribution is -0.140. The summed E-state index contributed by atoms with van der Waals surface area (Å²) in [7, 11) is 0. The molecule has 19 heavy (non-hydrogen) atoms. The molecule has 1 rings (SSSR count). The number of aromatic amines is 1. The van der Waals surface area contributed by atoms with E-state index >= 15 is 0 Å². The van der Waals surface area contributed by atoms with Crippen molar-refractivity contribution in [3.63, 3.8) is 0 Å². The van der Waals surface area contributed by atoms with E-state index in [-0.39, 0.29) is 6.54 Å². The smallest absolute Gasteiger partial charge is 0.326 e. The van der Waals surface area contributed by atoms with Gasteiger partial charge >= 0.3 is 12.0 Å². The summed E-state index contributed by atoms with van der Waals surface area (Å²) in [6, 6.07) is -2.05. The number of nitrogens with two attached hydrogens (primary N) is 1. The van der Waals surface area contributed by atoms with Crippen molar-refractivity contribution in [2.75, 3.05) is 6.54 Å². The van der Waals surface area contributed by atoms with Crippen molar-refractivity contribution in [1.29, 1.82) is 0 Å². The predicted octanol–water partition coefficient (Wildman–Crippen LogP) is -2.02. The van der Waals surface area contributed by atoms with E-state index in [9.17, 15) is 14.4 Å². The zero-order chi connectivity index (χ0) is 14.3. The van der Waals surface area contributed by atoms with E-state index in [1.807, 2.05) is 0 Å². The predicted molar refractivity (Wildman–Crippen MR) is 61.9 cm³/mol. The van der Waals surface area contributed by atoms with Crippen LogP contribution in [0, 0.1) is 0 Å². The number of carboxylic acids is 1. The van der Waals surface area contributed by atoms with Gasteiger partial charge in [-0.25, -0.2) is 14.6 Å². The monoisotopic (exact) mass is 270 g/mol. The second-order valence-electron chi connectivity index (χ2n) is 3.64. The molecule has 0 fully saturated rings. The lowest BCUT2D eigenvalue weighted by Crippen LogP contribution is -2.48. The summed E-state index contributed by atoms with van der Waals surface area (Å²) in [6.07, 6.45) is 1.29. The van der Waals surface area contributed by atoms with Crippen LogP contribution in [-0.2, 0) is 16.0 Å². The molecule has 0 saturated heterocycles. The quantitative estimate of drug-likeness (QED) is 0.383. The van der Waals surface area contributed by atoms with Crippen LogP contribution < -0.4 is 16.4 Å². The number of aliphatic carboxylic acids is 1. The van der Waals surface area contributed by atoms with Gasteiger partial charge in [-0.05, 0) is 0 Å². The molecule has 0 saturated carbocycles. The Labute approximate surface area is 107 Å². The van der Waals surface area contributed by atoms with E-state index in [2.05, 4.69) is 25.8 Å². The molecule has 0 aliphatic carbocycles. The molecule has 0 bridgehead atoms. The van der Waals surface area contributed by atoms with Gasteiger partial charge in [0.1, 0.15) is 18.2 Å². The van der Waals surface area contributed by atoms with E-state index in [0.29, 0.717) is 12.2 Å². The summed E-state index contributed by atoms with van der Waals surface area (Å²) in [5.74, 6) is -1.55. The zero-order valence-electron chi connectivity index (χ0n) is 9.92. The van der Waals surface area contributed by atoms with Crippen molar-refractivity contribution in [1.82, 2.24) is 25.8 Å². The molecule has 1 heterocycles. The van der Waals surface area contributed by atoms with Gasteiger partial charge in [0.2, 0.25) is 5.91 Å². The first kappa shape index (κ1) is 14.4. The van der Waals surface area contributed by atoms with Crippen molar-refractivity contribution in [3.05, 3.63) is 12.2 Å². The van der Waals surface area contributed by atoms with Gasteiger partial charge in [0.15, 0.2) is 0 Å². The highest BCUT2D eigenvalue weighted by Gasteiger charge is 2.21. The van der Waals surface area contributed by atoms with E-state index in [4.69, 9.17) is 10.8 Å². The second-order valence-corrected chi connectivity index (χ2v) is 3.64. The number of amides is 3. The van der Waals surface area contributed by atoms with E-state index in [1.54, 1.807) is 0 Å². The molecule has 10 nitrogen and oxygen atoms in total. The Morgan fingerprint density at radius 3 is 2.74 bits per heavy atom. The fraction of sp³-hybridized carbons (Fsp3) is 0.444. The minimum Gasteiger partial charge on any atom is -0.480 e. The first-order valence-electron chi connectivity index (χ1n) is 5.38. The van der Waals surface area contributed by atoms with Crippen LogP contribution in [0.4, 0.5) is 4.79 Å². The molecule has 3 amide bonds. The maximum atomic E-state index is 11.4. The Balaban J connectivity index is 2.32. The maximum Gasteiger partial charge on any atom is 0.326 e. The third kappa shape index (κ3) is 5.48. The van der Waals surface area contributed by atoms with Crippen LogP contribution in [0.3, 0.4) is 0 Å². The first-order chi connectivity index (χ1) is 8.99. The van der Waals surface area contributed by atoms with Crippen LogP contribution in [0.5, 0.6) is 0 Å². The van der Waals surface area contributed by atoms with Crippen LogP contribution in [0.25, 0.3) is 0 Å². The fourth-order valence-corrected chi connectivity index (χ4v) is 1.26. The molecule has 10 heteroatoms. The molecular formula is C9H14N6O4. The van der Waals surface area contributed by atoms with Crippen molar-refractivity contribution < 1.29 is 19.5 Å². The Bertz CT molecular complexity index is 446. The van der Waals surface area contributed by atoms with Gasteiger partial charge in [0.25, 0.3) is 0 Å². The Kier molecular flexibility index (Phi) is 5.26. The van der Waals surface area contributed by atoms with Gasteiger partial charge in [0.05, 0.1) is 6.42 Å². The Morgan fingerprint density at radius 1 is 1.47 bits per heavy atom. The summed E-state index contributed by atoms with van der Waals surface area (Å²) in [4.78, 5) is 36.6. The molecule has 1 aromatic heterocycles. The molecule has 1 aromatic rings. The molecule has 0 aliphatic heterocycles. The number of H-pyrrole nitrogens is 1. The number of carbonyl (C=O) groups excluding carboxylic acids is 2. The second kappa shape index (κ2) is 6.93. The molecule has 0 radical (unpaired) electrons. The van der Waals surface area contributed by atoms with Crippen molar-refractivity contribution in [2.24, 2.45) is 5.73 Å². The van der Waals surface area contributed by atoms with Gasteiger partial charge in [-0.2, -0.15) is 5.10 Å². The van der Waals surface area contributed by atoms with Gasteiger partial charge < -0.3 is 21.5 Å². The molecule has 6 N–H and O–H groups in total. The number of hydrogen-bond donors (Lipinski definition) is 5. The minimum atomic E-state index is -1.34. The standard InChI is InChI=1S/C9H14N6O4/c10-6(16)3-5(8(17)18)14-9(19)11-2-1-7-12-4-13-15-7/h4-5H,1-3H2,(H2,10,16)(H,17,18)(H2,11,14,19)(H,12,13,15)/t5-/m0/s1. The number of primary amides is 1. The zero-order valence-corrected chi connectivity index (χ0v) is 9.92. The highest BCUT2D eigenvalue weighted by Crippen LogP contribution is 1.92. The van der Waals surface area contributed by atoms with Gasteiger partial charge in [0, 0.05) is 13.0 Å². The molecule has 0 spiro atoms. The van der Waals surface area contributed by atoms with Crippen molar-refractivity contribution in [3.8, 4) is 0 Å². The van der Waals surface area contributed by atoms with Crippen LogP contribution in [0.15, 0.2) is 6.33 Å². The van der Waals surface area contributed by atoms with Gasteiger partial charge in [-0.1, -0.05) is 0 Å². The average Bonchev–Trinajstić information content (AvgIpc) is 2.80. The number of carbonyl (C=O) groups is 3. The van der Waals surface area contributed by atoms with Crippen LogP contribution in [0.1, 0.15) is 12.2 Å². The minimum absolute atomic E-state index is 0.240. The highest BCUT2D eigenvalue weighted by atomic mass is 16.4. The molecule has 0 aliphatic rings. The summed E-state index contributed by atoms with van der Waals surface area (Å²) >= 11 is 0.